The van der Waals surface area contributed by atoms with Gasteiger partial charge in [-0.1, -0.05) is 47.1 Å². The van der Waals surface area contributed by atoms with Crippen molar-refractivity contribution in [2.75, 3.05) is 13.1 Å². The van der Waals surface area contributed by atoms with Gasteiger partial charge in [-0.2, -0.15) is 0 Å². The summed E-state index contributed by atoms with van der Waals surface area (Å²) in [4.78, 5) is 2.37. The molecule has 3 nitrogen and oxygen atoms in total. The van der Waals surface area contributed by atoms with Crippen LogP contribution in [0.15, 0.2) is 46.1 Å². The van der Waals surface area contributed by atoms with E-state index in [0.29, 0.717) is 0 Å². The zero-order valence-corrected chi connectivity index (χ0v) is 11.0. The van der Waals surface area contributed by atoms with Gasteiger partial charge >= 0.3 is 0 Å². The SMILES string of the molecule is ON=CC1=C(Cl)CCN(Cc2ccccc2)CC1. The van der Waals surface area contributed by atoms with E-state index >= 15 is 0 Å². The van der Waals surface area contributed by atoms with Gasteiger partial charge in [0, 0.05) is 24.7 Å². The van der Waals surface area contributed by atoms with Crippen molar-refractivity contribution in [3.63, 3.8) is 0 Å². The highest BCUT2D eigenvalue weighted by atomic mass is 35.5. The lowest BCUT2D eigenvalue weighted by Crippen LogP contribution is -2.24. The summed E-state index contributed by atoms with van der Waals surface area (Å²) in [7, 11) is 0. The van der Waals surface area contributed by atoms with Gasteiger partial charge in [0.2, 0.25) is 0 Å². The van der Waals surface area contributed by atoms with E-state index in [9.17, 15) is 0 Å². The molecule has 0 radical (unpaired) electrons. The van der Waals surface area contributed by atoms with E-state index in [1.807, 2.05) is 6.07 Å². The van der Waals surface area contributed by atoms with Crippen LogP contribution in [0.5, 0.6) is 0 Å². The molecular formula is C14H17ClN2O. The van der Waals surface area contributed by atoms with E-state index in [4.69, 9.17) is 16.8 Å². The molecule has 0 unspecified atom stereocenters. The van der Waals surface area contributed by atoms with Crippen molar-refractivity contribution in [1.82, 2.24) is 4.90 Å². The molecule has 0 aliphatic carbocycles. The minimum Gasteiger partial charge on any atom is -0.411 e. The smallest absolute Gasteiger partial charge is 0.0705 e. The molecule has 0 fully saturated rings. The van der Waals surface area contributed by atoms with Crippen LogP contribution in [0, 0.1) is 0 Å². The van der Waals surface area contributed by atoms with Crippen molar-refractivity contribution in [3.05, 3.63) is 46.5 Å². The maximum Gasteiger partial charge on any atom is 0.0705 e. The number of nitrogens with zero attached hydrogens (tertiary/aromatic N) is 2. The van der Waals surface area contributed by atoms with Crippen LogP contribution in [0.4, 0.5) is 0 Å². The van der Waals surface area contributed by atoms with Gasteiger partial charge in [0.25, 0.3) is 0 Å². The van der Waals surface area contributed by atoms with Crippen molar-refractivity contribution in [1.29, 1.82) is 0 Å². The number of rotatable bonds is 3. The predicted octanol–water partition coefficient (Wildman–Crippen LogP) is 3.24. The van der Waals surface area contributed by atoms with Crippen molar-refractivity contribution < 1.29 is 5.21 Å². The summed E-state index contributed by atoms with van der Waals surface area (Å²) in [5.74, 6) is 0. The second-order valence-electron chi connectivity index (χ2n) is 4.44. The third-order valence-corrected chi connectivity index (χ3v) is 3.59. The van der Waals surface area contributed by atoms with E-state index < -0.39 is 0 Å². The molecule has 0 spiro atoms. The Morgan fingerprint density at radius 2 is 1.94 bits per heavy atom. The number of hydrogen-bond donors (Lipinski definition) is 1. The van der Waals surface area contributed by atoms with Gasteiger partial charge < -0.3 is 5.21 Å². The van der Waals surface area contributed by atoms with Crippen LogP contribution in [0.2, 0.25) is 0 Å². The predicted molar refractivity (Wildman–Crippen MR) is 74.1 cm³/mol. The summed E-state index contributed by atoms with van der Waals surface area (Å²) in [5.41, 5.74) is 2.25. The minimum absolute atomic E-state index is 0.809. The Kier molecular flexibility index (Phi) is 4.79. The maximum absolute atomic E-state index is 8.59. The summed E-state index contributed by atoms with van der Waals surface area (Å²) in [6.45, 7) is 2.82. The molecular weight excluding hydrogens is 248 g/mol. The monoisotopic (exact) mass is 264 g/mol. The summed E-state index contributed by atoms with van der Waals surface area (Å²) in [5, 5.41) is 12.5. The minimum atomic E-state index is 0.809. The molecule has 96 valence electrons. The maximum atomic E-state index is 8.59. The Labute approximate surface area is 112 Å². The third kappa shape index (κ3) is 3.59. The fourth-order valence-corrected chi connectivity index (χ4v) is 2.37. The zero-order valence-electron chi connectivity index (χ0n) is 10.2. The summed E-state index contributed by atoms with van der Waals surface area (Å²) in [6.07, 6.45) is 3.10. The van der Waals surface area contributed by atoms with Crippen molar-refractivity contribution >= 4 is 17.8 Å². The van der Waals surface area contributed by atoms with Crippen LogP contribution in [0.3, 0.4) is 0 Å². The molecule has 1 aromatic rings. The summed E-state index contributed by atoms with van der Waals surface area (Å²) >= 11 is 6.18. The normalized spacial score (nSPS) is 18.3. The van der Waals surface area contributed by atoms with Gasteiger partial charge in [0.1, 0.15) is 0 Å². The van der Waals surface area contributed by atoms with Gasteiger partial charge in [-0.05, 0) is 24.0 Å². The van der Waals surface area contributed by atoms with Crippen molar-refractivity contribution in [2.24, 2.45) is 5.16 Å². The molecule has 2 rings (SSSR count). The van der Waals surface area contributed by atoms with E-state index in [2.05, 4.69) is 34.3 Å². The van der Waals surface area contributed by atoms with Crippen molar-refractivity contribution in [2.45, 2.75) is 19.4 Å². The quantitative estimate of drug-likeness (QED) is 0.517. The largest absolute Gasteiger partial charge is 0.411 e. The van der Waals surface area contributed by atoms with Crippen LogP contribution in [0.1, 0.15) is 18.4 Å². The fraction of sp³-hybridized carbons (Fsp3) is 0.357. The van der Waals surface area contributed by atoms with E-state index in [1.54, 1.807) is 0 Å². The molecule has 1 N–H and O–H groups in total. The second kappa shape index (κ2) is 6.57. The van der Waals surface area contributed by atoms with Crippen molar-refractivity contribution in [3.8, 4) is 0 Å². The molecule has 0 aromatic heterocycles. The number of hydrogen-bond acceptors (Lipinski definition) is 3. The first-order chi connectivity index (χ1) is 8.79. The molecule has 0 saturated heterocycles. The van der Waals surface area contributed by atoms with Gasteiger partial charge in [0.15, 0.2) is 0 Å². The first-order valence-corrected chi connectivity index (χ1v) is 6.48. The molecule has 0 amide bonds. The molecule has 1 heterocycles. The van der Waals surface area contributed by atoms with Gasteiger partial charge in [-0.25, -0.2) is 0 Å². The summed E-state index contributed by atoms with van der Waals surface area (Å²) in [6, 6.07) is 10.4. The molecule has 0 bridgehead atoms. The van der Waals surface area contributed by atoms with E-state index in [-0.39, 0.29) is 0 Å². The molecule has 18 heavy (non-hydrogen) atoms. The number of halogens is 1. The Hall–Kier alpha value is -1.32. The lowest BCUT2D eigenvalue weighted by Gasteiger charge is -2.19. The molecule has 1 aromatic carbocycles. The Morgan fingerprint density at radius 1 is 1.22 bits per heavy atom. The molecule has 1 aliphatic rings. The average Bonchev–Trinajstić information content (AvgIpc) is 2.56. The number of oxime groups is 1. The van der Waals surface area contributed by atoms with E-state index in [0.717, 1.165) is 43.1 Å². The highest BCUT2D eigenvalue weighted by molar-refractivity contribution is 6.31. The Balaban J connectivity index is 1.96. The van der Waals surface area contributed by atoms with Crippen LogP contribution in [-0.2, 0) is 6.54 Å². The average molecular weight is 265 g/mol. The molecule has 0 atom stereocenters. The highest BCUT2D eigenvalue weighted by Crippen LogP contribution is 2.21. The summed E-state index contributed by atoms with van der Waals surface area (Å²) < 4.78 is 0. The standard InChI is InChI=1S/C14H17ClN2O/c15-14-7-9-17(8-6-13(14)10-16-18)11-12-4-2-1-3-5-12/h1-5,10,18H,6-9,11H2. The second-order valence-corrected chi connectivity index (χ2v) is 4.89. The molecule has 4 heteroatoms. The number of benzene rings is 1. The van der Waals surface area contributed by atoms with Gasteiger partial charge in [-0.3, -0.25) is 4.90 Å². The topological polar surface area (TPSA) is 35.8 Å². The van der Waals surface area contributed by atoms with Gasteiger partial charge in [0.05, 0.1) is 6.21 Å². The fourth-order valence-electron chi connectivity index (χ4n) is 2.15. The highest BCUT2D eigenvalue weighted by Gasteiger charge is 2.14. The van der Waals surface area contributed by atoms with Gasteiger partial charge in [-0.15, -0.1) is 0 Å². The van der Waals surface area contributed by atoms with Crippen LogP contribution in [0.25, 0.3) is 0 Å². The molecule has 0 saturated carbocycles. The zero-order chi connectivity index (χ0) is 12.8. The van der Waals surface area contributed by atoms with E-state index in [1.165, 1.54) is 11.8 Å². The van der Waals surface area contributed by atoms with Crippen LogP contribution >= 0.6 is 11.6 Å². The third-order valence-electron chi connectivity index (χ3n) is 3.16. The van der Waals surface area contributed by atoms with Crippen LogP contribution < -0.4 is 0 Å². The molecule has 1 aliphatic heterocycles. The Morgan fingerprint density at radius 3 is 2.67 bits per heavy atom. The first-order valence-electron chi connectivity index (χ1n) is 6.11. The Bertz CT molecular complexity index is 442. The first kappa shape index (κ1) is 13.1. The van der Waals surface area contributed by atoms with Crippen LogP contribution in [-0.4, -0.2) is 29.4 Å². The lowest BCUT2D eigenvalue weighted by atomic mass is 10.2. The lowest BCUT2D eigenvalue weighted by molar-refractivity contribution is 0.279.